The standard InChI is InChI=1S/C13H17N3S2/c1-13(2,3)11-7-18-12(16-11)8-17-10-4-5-15-6-9(10)14/h4-7H,8,14H2,1-3H3. The molecule has 0 atom stereocenters. The molecule has 0 spiro atoms. The molecule has 0 aliphatic rings. The zero-order valence-electron chi connectivity index (χ0n) is 10.8. The van der Waals surface area contributed by atoms with Crippen molar-refractivity contribution in [1.29, 1.82) is 0 Å². The Labute approximate surface area is 116 Å². The number of anilines is 1. The third-order valence-electron chi connectivity index (χ3n) is 2.48. The molecule has 0 aromatic carbocycles. The van der Waals surface area contributed by atoms with Gasteiger partial charge in [0.2, 0.25) is 0 Å². The van der Waals surface area contributed by atoms with Crippen LogP contribution in [0, 0.1) is 0 Å². The fourth-order valence-corrected chi connectivity index (χ4v) is 3.36. The van der Waals surface area contributed by atoms with Crippen molar-refractivity contribution < 1.29 is 0 Å². The number of thiazole rings is 1. The fraction of sp³-hybridized carbons (Fsp3) is 0.385. The lowest BCUT2D eigenvalue weighted by atomic mass is 9.93. The number of hydrogen-bond donors (Lipinski definition) is 1. The predicted octanol–water partition coefficient (Wildman–Crippen LogP) is 3.71. The van der Waals surface area contributed by atoms with Gasteiger partial charge in [-0.2, -0.15) is 0 Å². The van der Waals surface area contributed by atoms with E-state index in [0.29, 0.717) is 0 Å². The summed E-state index contributed by atoms with van der Waals surface area (Å²) in [5.41, 5.74) is 7.87. The SMILES string of the molecule is CC(C)(C)c1csc(CSc2ccncc2N)n1. The quantitative estimate of drug-likeness (QED) is 0.870. The molecular weight excluding hydrogens is 262 g/mol. The summed E-state index contributed by atoms with van der Waals surface area (Å²) in [4.78, 5) is 9.72. The Hall–Kier alpha value is -1.07. The summed E-state index contributed by atoms with van der Waals surface area (Å²) in [7, 11) is 0. The molecule has 0 fully saturated rings. The van der Waals surface area contributed by atoms with Crippen LogP contribution in [0.15, 0.2) is 28.7 Å². The summed E-state index contributed by atoms with van der Waals surface area (Å²) in [6, 6.07) is 1.94. The van der Waals surface area contributed by atoms with E-state index in [0.717, 1.165) is 27.0 Å². The summed E-state index contributed by atoms with van der Waals surface area (Å²) in [5, 5.41) is 3.28. The number of thioether (sulfide) groups is 1. The van der Waals surface area contributed by atoms with Crippen LogP contribution in [0.2, 0.25) is 0 Å². The minimum Gasteiger partial charge on any atom is -0.397 e. The second-order valence-corrected chi connectivity index (χ2v) is 7.04. The first-order chi connectivity index (χ1) is 8.47. The normalized spacial score (nSPS) is 11.7. The number of rotatable bonds is 3. The van der Waals surface area contributed by atoms with Crippen molar-refractivity contribution in [3.8, 4) is 0 Å². The van der Waals surface area contributed by atoms with Crippen LogP contribution in [0.5, 0.6) is 0 Å². The first kappa shape index (κ1) is 13.4. The molecule has 0 aliphatic heterocycles. The van der Waals surface area contributed by atoms with Crippen molar-refractivity contribution in [3.63, 3.8) is 0 Å². The van der Waals surface area contributed by atoms with E-state index < -0.39 is 0 Å². The molecule has 18 heavy (non-hydrogen) atoms. The molecule has 0 saturated carbocycles. The summed E-state index contributed by atoms with van der Waals surface area (Å²) < 4.78 is 0. The number of aromatic nitrogens is 2. The van der Waals surface area contributed by atoms with Crippen LogP contribution in [0.3, 0.4) is 0 Å². The van der Waals surface area contributed by atoms with Crippen LogP contribution in [0.1, 0.15) is 31.5 Å². The van der Waals surface area contributed by atoms with Gasteiger partial charge >= 0.3 is 0 Å². The Morgan fingerprint density at radius 2 is 2.17 bits per heavy atom. The van der Waals surface area contributed by atoms with Crippen molar-refractivity contribution in [2.45, 2.75) is 36.8 Å². The Balaban J connectivity index is 2.03. The molecule has 0 amide bonds. The Kier molecular flexibility index (Phi) is 3.92. The topological polar surface area (TPSA) is 51.8 Å². The van der Waals surface area contributed by atoms with Crippen LogP contribution in [-0.2, 0) is 11.2 Å². The molecule has 0 bridgehead atoms. The zero-order chi connectivity index (χ0) is 13.2. The van der Waals surface area contributed by atoms with Crippen molar-refractivity contribution in [3.05, 3.63) is 34.5 Å². The van der Waals surface area contributed by atoms with Gasteiger partial charge in [-0.05, 0) is 6.07 Å². The van der Waals surface area contributed by atoms with E-state index in [9.17, 15) is 0 Å². The fourth-order valence-electron chi connectivity index (χ4n) is 1.39. The highest BCUT2D eigenvalue weighted by molar-refractivity contribution is 7.98. The van der Waals surface area contributed by atoms with Gasteiger partial charge in [-0.3, -0.25) is 4.98 Å². The second kappa shape index (κ2) is 5.28. The van der Waals surface area contributed by atoms with Gasteiger partial charge in [0.1, 0.15) is 5.01 Å². The lowest BCUT2D eigenvalue weighted by Crippen LogP contribution is -2.11. The van der Waals surface area contributed by atoms with E-state index in [2.05, 4.69) is 36.1 Å². The van der Waals surface area contributed by atoms with Gasteiger partial charge in [-0.1, -0.05) is 20.8 Å². The van der Waals surface area contributed by atoms with Crippen LogP contribution in [0.25, 0.3) is 0 Å². The molecule has 0 radical (unpaired) electrons. The van der Waals surface area contributed by atoms with Crippen molar-refractivity contribution >= 4 is 28.8 Å². The highest BCUT2D eigenvalue weighted by Gasteiger charge is 2.17. The Morgan fingerprint density at radius 3 is 2.78 bits per heavy atom. The maximum Gasteiger partial charge on any atom is 0.103 e. The lowest BCUT2D eigenvalue weighted by Gasteiger charge is -2.14. The van der Waals surface area contributed by atoms with E-state index in [4.69, 9.17) is 5.73 Å². The molecule has 3 nitrogen and oxygen atoms in total. The van der Waals surface area contributed by atoms with Gasteiger partial charge in [-0.15, -0.1) is 23.1 Å². The number of nitrogens with two attached hydrogens (primary N) is 1. The van der Waals surface area contributed by atoms with Gasteiger partial charge in [0.25, 0.3) is 0 Å². The van der Waals surface area contributed by atoms with Crippen LogP contribution >= 0.6 is 23.1 Å². The Morgan fingerprint density at radius 1 is 1.39 bits per heavy atom. The maximum absolute atomic E-state index is 5.86. The highest BCUT2D eigenvalue weighted by atomic mass is 32.2. The molecule has 0 aliphatic carbocycles. The van der Waals surface area contributed by atoms with Crippen LogP contribution in [0.4, 0.5) is 5.69 Å². The zero-order valence-corrected chi connectivity index (χ0v) is 12.4. The van der Waals surface area contributed by atoms with Gasteiger partial charge in [0, 0.05) is 21.9 Å². The predicted molar refractivity (Wildman–Crippen MR) is 79.0 cm³/mol. The molecule has 2 aromatic heterocycles. The molecule has 96 valence electrons. The highest BCUT2D eigenvalue weighted by Crippen LogP contribution is 2.30. The summed E-state index contributed by atoms with van der Waals surface area (Å²) in [6.07, 6.45) is 3.45. The van der Waals surface area contributed by atoms with Crippen molar-refractivity contribution in [2.24, 2.45) is 0 Å². The van der Waals surface area contributed by atoms with E-state index in [1.165, 1.54) is 0 Å². The molecule has 2 aromatic rings. The van der Waals surface area contributed by atoms with Crippen molar-refractivity contribution in [2.75, 3.05) is 5.73 Å². The second-order valence-electron chi connectivity index (χ2n) is 5.08. The van der Waals surface area contributed by atoms with E-state index >= 15 is 0 Å². The smallest absolute Gasteiger partial charge is 0.103 e. The van der Waals surface area contributed by atoms with Gasteiger partial charge in [-0.25, -0.2) is 4.98 Å². The average Bonchev–Trinajstić information content (AvgIpc) is 2.76. The average molecular weight is 279 g/mol. The van der Waals surface area contributed by atoms with E-state index in [1.54, 1.807) is 35.5 Å². The third kappa shape index (κ3) is 3.23. The van der Waals surface area contributed by atoms with Crippen LogP contribution in [-0.4, -0.2) is 9.97 Å². The first-order valence-electron chi connectivity index (χ1n) is 5.74. The van der Waals surface area contributed by atoms with E-state index in [1.807, 2.05) is 6.07 Å². The van der Waals surface area contributed by atoms with Crippen molar-refractivity contribution in [1.82, 2.24) is 9.97 Å². The third-order valence-corrected chi connectivity index (χ3v) is 4.61. The summed E-state index contributed by atoms with van der Waals surface area (Å²) >= 11 is 3.42. The monoisotopic (exact) mass is 279 g/mol. The molecule has 5 heteroatoms. The van der Waals surface area contributed by atoms with Gasteiger partial charge < -0.3 is 5.73 Å². The molecule has 0 unspecified atom stereocenters. The minimum atomic E-state index is 0.120. The maximum atomic E-state index is 5.86. The number of nitrogens with zero attached hydrogens (tertiary/aromatic N) is 2. The number of nitrogen functional groups attached to an aromatic ring is 1. The number of pyridine rings is 1. The Bertz CT molecular complexity index is 529. The molecule has 2 N–H and O–H groups in total. The molecule has 2 heterocycles. The largest absolute Gasteiger partial charge is 0.397 e. The lowest BCUT2D eigenvalue weighted by molar-refractivity contribution is 0.572. The summed E-state index contributed by atoms with van der Waals surface area (Å²) in [6.45, 7) is 6.54. The minimum absolute atomic E-state index is 0.120. The van der Waals surface area contributed by atoms with Gasteiger partial charge in [0.15, 0.2) is 0 Å². The molecule has 2 rings (SSSR count). The molecular formula is C13H17N3S2. The van der Waals surface area contributed by atoms with E-state index in [-0.39, 0.29) is 5.41 Å². The van der Waals surface area contributed by atoms with Gasteiger partial charge in [0.05, 0.1) is 23.3 Å². The number of hydrogen-bond acceptors (Lipinski definition) is 5. The first-order valence-corrected chi connectivity index (χ1v) is 7.60. The van der Waals surface area contributed by atoms with Crippen LogP contribution < -0.4 is 5.73 Å². The molecule has 0 saturated heterocycles. The summed E-state index contributed by atoms with van der Waals surface area (Å²) in [5.74, 6) is 0.856.